The summed E-state index contributed by atoms with van der Waals surface area (Å²) >= 11 is 0. The third-order valence-corrected chi connectivity index (χ3v) is 6.24. The summed E-state index contributed by atoms with van der Waals surface area (Å²) in [5.74, 6) is 0.536. The maximum absolute atomic E-state index is 11.6. The van der Waals surface area contributed by atoms with E-state index in [1.807, 2.05) is 6.92 Å². The van der Waals surface area contributed by atoms with Crippen LogP contribution < -0.4 is 0 Å². The first-order chi connectivity index (χ1) is 8.56. The molecule has 0 aliphatic carbocycles. The zero-order valence-electron chi connectivity index (χ0n) is 11.5. The zero-order valence-corrected chi connectivity index (χ0v) is 12.5. The van der Waals surface area contributed by atoms with Gasteiger partial charge in [-0.2, -0.15) is 0 Å². The molecule has 0 fully saturated rings. The summed E-state index contributed by atoms with van der Waals surface area (Å²) in [6.45, 7) is 3.48. The van der Waals surface area contributed by atoms with Gasteiger partial charge >= 0.3 is 8.80 Å². The van der Waals surface area contributed by atoms with E-state index in [9.17, 15) is 4.79 Å². The molecule has 0 aliphatic rings. The minimum atomic E-state index is -2.86. The fraction of sp³-hybridized carbons (Fsp3) is 0.636. The molecule has 0 aromatic carbocycles. The van der Waals surface area contributed by atoms with Gasteiger partial charge in [0.15, 0.2) is 0 Å². The molecule has 0 bridgehead atoms. The van der Waals surface area contributed by atoms with Crippen LogP contribution in [0.5, 0.6) is 0 Å². The van der Waals surface area contributed by atoms with Crippen LogP contribution in [-0.2, 0) is 13.3 Å². The molecule has 1 aromatic heterocycles. The van der Waals surface area contributed by atoms with Crippen molar-refractivity contribution in [1.82, 2.24) is 9.55 Å². The van der Waals surface area contributed by atoms with Crippen molar-refractivity contribution >= 4 is 14.7 Å². The highest BCUT2D eigenvalue weighted by molar-refractivity contribution is 6.62. The van der Waals surface area contributed by atoms with Crippen LogP contribution in [0.25, 0.3) is 0 Å². The van der Waals surface area contributed by atoms with Gasteiger partial charge in [0, 0.05) is 40.6 Å². The fourth-order valence-electron chi connectivity index (χ4n) is 2.11. The van der Waals surface area contributed by atoms with Crippen molar-refractivity contribution in [3.63, 3.8) is 0 Å². The van der Waals surface area contributed by atoms with Crippen molar-refractivity contribution in [2.75, 3.05) is 21.3 Å². The molecule has 1 aromatic rings. The summed E-state index contributed by atoms with van der Waals surface area (Å²) in [6.07, 6.45) is 3.95. The lowest BCUT2D eigenvalue weighted by atomic mass is 10.3. The van der Waals surface area contributed by atoms with Crippen LogP contribution >= 0.6 is 0 Å². The molecule has 7 heteroatoms. The maximum Gasteiger partial charge on any atom is 0.511 e. The molecule has 0 saturated carbocycles. The van der Waals surface area contributed by atoms with E-state index >= 15 is 0 Å². The quantitative estimate of drug-likeness (QED) is 0.734. The highest BCUT2D eigenvalue weighted by Gasteiger charge is 2.49. The van der Waals surface area contributed by atoms with Gasteiger partial charge in [0.05, 0.1) is 5.54 Å². The van der Waals surface area contributed by atoms with Crippen molar-refractivity contribution in [1.29, 1.82) is 0 Å². The fourth-order valence-corrected chi connectivity index (χ4v) is 4.49. The molecule has 0 saturated heterocycles. The van der Waals surface area contributed by atoms with Gasteiger partial charge in [0.1, 0.15) is 5.82 Å². The zero-order chi connectivity index (χ0) is 13.8. The highest BCUT2D eigenvalue weighted by Crippen LogP contribution is 2.30. The lowest BCUT2D eigenvalue weighted by molar-refractivity contribution is 0.0922. The highest BCUT2D eigenvalue weighted by atomic mass is 28.4. The van der Waals surface area contributed by atoms with E-state index in [0.717, 1.165) is 0 Å². The molecule has 0 radical (unpaired) electrons. The Labute approximate surface area is 108 Å². The van der Waals surface area contributed by atoms with Gasteiger partial charge in [-0.05, 0) is 6.42 Å². The van der Waals surface area contributed by atoms with E-state index in [4.69, 9.17) is 13.3 Å². The van der Waals surface area contributed by atoms with Gasteiger partial charge in [-0.15, -0.1) is 0 Å². The Morgan fingerprint density at radius 2 is 1.94 bits per heavy atom. The molecule has 1 rings (SSSR count). The summed E-state index contributed by atoms with van der Waals surface area (Å²) in [7, 11) is 1.81. The number of imidazole rings is 1. The topological polar surface area (TPSA) is 62.6 Å². The monoisotopic (exact) mass is 272 g/mol. The van der Waals surface area contributed by atoms with Crippen LogP contribution in [0, 0.1) is 0 Å². The Balaban J connectivity index is 3.23. The van der Waals surface area contributed by atoms with E-state index in [1.165, 1.54) is 11.5 Å². The molecule has 1 atom stereocenters. The Morgan fingerprint density at radius 3 is 2.33 bits per heavy atom. The first kappa shape index (κ1) is 15.0. The molecule has 1 heterocycles. The minimum Gasteiger partial charge on any atom is -0.376 e. The van der Waals surface area contributed by atoms with Crippen LogP contribution in [0.3, 0.4) is 0 Å². The molecule has 18 heavy (non-hydrogen) atoms. The molecule has 102 valence electrons. The molecule has 0 amide bonds. The van der Waals surface area contributed by atoms with Crippen molar-refractivity contribution in [3.8, 4) is 0 Å². The number of aromatic nitrogens is 2. The Morgan fingerprint density at radius 1 is 1.39 bits per heavy atom. The second-order valence-electron chi connectivity index (χ2n) is 3.85. The third kappa shape index (κ3) is 2.53. The molecule has 0 N–H and O–H groups in total. The second-order valence-corrected chi connectivity index (χ2v) is 6.98. The Kier molecular flexibility index (Phi) is 5.21. The smallest absolute Gasteiger partial charge is 0.376 e. The predicted octanol–water partition coefficient (Wildman–Crippen LogP) is 1.45. The number of rotatable bonds is 6. The van der Waals surface area contributed by atoms with E-state index in [2.05, 4.69) is 4.98 Å². The lowest BCUT2D eigenvalue weighted by Crippen LogP contribution is -2.50. The number of carbonyl (C=O) groups excluding carboxylic acids is 1. The molecule has 6 nitrogen and oxygen atoms in total. The SMILES string of the molecule is CCC(c1nccn1C(C)=O)[Si](OC)(OC)OC. The average Bonchev–Trinajstić information content (AvgIpc) is 2.85. The van der Waals surface area contributed by atoms with E-state index in [-0.39, 0.29) is 11.4 Å². The number of hydrogen-bond acceptors (Lipinski definition) is 5. The van der Waals surface area contributed by atoms with Crippen LogP contribution in [-0.4, -0.2) is 45.6 Å². The van der Waals surface area contributed by atoms with Crippen molar-refractivity contribution in [2.45, 2.75) is 25.8 Å². The van der Waals surface area contributed by atoms with Crippen molar-refractivity contribution in [2.24, 2.45) is 0 Å². The summed E-state index contributed by atoms with van der Waals surface area (Å²) in [5, 5.41) is 0. The maximum atomic E-state index is 11.6. The van der Waals surface area contributed by atoms with Gasteiger partial charge in [-0.3, -0.25) is 9.36 Å². The predicted molar refractivity (Wildman–Crippen MR) is 68.3 cm³/mol. The summed E-state index contributed by atoms with van der Waals surface area (Å²) in [4.78, 5) is 15.8. The molecule has 0 aliphatic heterocycles. The average molecular weight is 272 g/mol. The van der Waals surface area contributed by atoms with Gasteiger partial charge < -0.3 is 13.3 Å². The summed E-state index contributed by atoms with van der Waals surface area (Å²) < 4.78 is 17.9. The first-order valence-electron chi connectivity index (χ1n) is 5.75. The van der Waals surface area contributed by atoms with Gasteiger partial charge in [0.2, 0.25) is 5.91 Å². The number of carbonyl (C=O) groups is 1. The summed E-state index contributed by atoms with van der Waals surface area (Å²) in [6, 6.07) is 0. The number of hydrogen-bond donors (Lipinski definition) is 0. The minimum absolute atomic E-state index is 0.0906. The van der Waals surface area contributed by atoms with Crippen LogP contribution in [0.2, 0.25) is 0 Å². The molecule has 0 spiro atoms. The van der Waals surface area contributed by atoms with Gasteiger partial charge in [-0.25, -0.2) is 4.98 Å². The van der Waals surface area contributed by atoms with Crippen molar-refractivity contribution in [3.05, 3.63) is 18.2 Å². The first-order valence-corrected chi connectivity index (χ1v) is 7.56. The largest absolute Gasteiger partial charge is 0.511 e. The van der Waals surface area contributed by atoms with Crippen LogP contribution in [0.15, 0.2) is 12.4 Å². The third-order valence-electron chi connectivity index (χ3n) is 3.01. The lowest BCUT2D eigenvalue weighted by Gasteiger charge is -2.31. The van der Waals surface area contributed by atoms with E-state index in [1.54, 1.807) is 33.7 Å². The molecular formula is C11H20N2O4Si. The standard InChI is InChI=1S/C11H20N2O4Si/c1-6-10(18(15-3,16-4)17-5)11-12-7-8-13(11)9(2)14/h7-8,10H,6H2,1-5H3. The van der Waals surface area contributed by atoms with Gasteiger partial charge in [0.25, 0.3) is 0 Å². The van der Waals surface area contributed by atoms with Crippen molar-refractivity contribution < 1.29 is 18.1 Å². The second kappa shape index (κ2) is 6.23. The van der Waals surface area contributed by atoms with Crippen LogP contribution in [0.1, 0.15) is 36.4 Å². The van der Waals surface area contributed by atoms with E-state index in [0.29, 0.717) is 12.2 Å². The van der Waals surface area contributed by atoms with Crippen LogP contribution in [0.4, 0.5) is 0 Å². The van der Waals surface area contributed by atoms with Gasteiger partial charge in [-0.1, -0.05) is 6.92 Å². The Hall–Kier alpha value is -1.02. The number of nitrogens with zero attached hydrogens (tertiary/aromatic N) is 2. The summed E-state index contributed by atoms with van der Waals surface area (Å²) in [5.41, 5.74) is -0.170. The van der Waals surface area contributed by atoms with E-state index < -0.39 is 8.80 Å². The Bertz CT molecular complexity index is 395. The normalized spacial score (nSPS) is 13.6. The molecular weight excluding hydrogens is 252 g/mol. The molecule has 1 unspecified atom stereocenters.